The second kappa shape index (κ2) is 5.90. The molecule has 0 radical (unpaired) electrons. The van der Waals surface area contributed by atoms with E-state index in [0.29, 0.717) is 17.1 Å². The fourth-order valence-corrected chi connectivity index (χ4v) is 2.85. The molecule has 0 aliphatic heterocycles. The zero-order valence-electron chi connectivity index (χ0n) is 12.5. The fourth-order valence-electron chi connectivity index (χ4n) is 2.60. The van der Waals surface area contributed by atoms with Crippen LogP contribution in [0.4, 0.5) is 0 Å². The number of imidazole rings is 1. The third-order valence-electron chi connectivity index (χ3n) is 3.71. The molecule has 0 spiro atoms. The molecule has 4 rings (SSSR count). The van der Waals surface area contributed by atoms with Crippen molar-refractivity contribution >= 4 is 34.1 Å². The molecule has 0 saturated heterocycles. The van der Waals surface area contributed by atoms with Gasteiger partial charge in [0.2, 0.25) is 0 Å². The lowest BCUT2D eigenvalue weighted by Gasteiger charge is -2.08. The predicted octanol–water partition coefficient (Wildman–Crippen LogP) is 2.86. The van der Waals surface area contributed by atoms with Crippen LogP contribution in [0.3, 0.4) is 0 Å². The smallest absolute Gasteiger partial charge is 0.253 e. The number of fused-ring (bicyclic) bond motifs is 2. The van der Waals surface area contributed by atoms with E-state index in [1.807, 2.05) is 16.7 Å². The first kappa shape index (κ1) is 14.6. The van der Waals surface area contributed by atoms with Gasteiger partial charge in [0.25, 0.3) is 5.91 Å². The van der Waals surface area contributed by atoms with Crippen molar-refractivity contribution in [2.45, 2.75) is 6.54 Å². The third kappa shape index (κ3) is 2.57. The summed E-state index contributed by atoms with van der Waals surface area (Å²) in [7, 11) is 0. The van der Waals surface area contributed by atoms with Gasteiger partial charge in [-0.05, 0) is 18.2 Å². The van der Waals surface area contributed by atoms with E-state index in [9.17, 15) is 4.79 Å². The van der Waals surface area contributed by atoms with Gasteiger partial charge >= 0.3 is 0 Å². The van der Waals surface area contributed by atoms with E-state index in [2.05, 4.69) is 20.3 Å². The van der Waals surface area contributed by atoms with Crippen LogP contribution in [0, 0.1) is 0 Å². The molecule has 0 fully saturated rings. The summed E-state index contributed by atoms with van der Waals surface area (Å²) >= 11 is 6.23. The first-order valence-corrected chi connectivity index (χ1v) is 7.69. The zero-order chi connectivity index (χ0) is 16.5. The first-order chi connectivity index (χ1) is 11.7. The maximum atomic E-state index is 12.6. The fraction of sp³-hybridized carbons (Fsp3) is 0.0588. The van der Waals surface area contributed by atoms with Crippen molar-refractivity contribution < 1.29 is 4.79 Å². The Bertz CT molecular complexity index is 1030. The van der Waals surface area contributed by atoms with Crippen LogP contribution >= 0.6 is 11.6 Å². The standard InChI is InChI=1S/C17H12ClN5O/c18-13-3-4-14-12(2-1-5-20-14)16(13)17(24)21-8-11-10-23-7-6-19-9-15(23)22-11/h1-7,9-10H,8H2,(H,21,24). The van der Waals surface area contributed by atoms with Gasteiger partial charge in [0.1, 0.15) is 0 Å². The lowest BCUT2D eigenvalue weighted by atomic mass is 10.1. The maximum absolute atomic E-state index is 12.6. The Morgan fingerprint density at radius 1 is 1.25 bits per heavy atom. The molecule has 1 N–H and O–H groups in total. The lowest BCUT2D eigenvalue weighted by Crippen LogP contribution is -2.23. The number of carbonyl (C=O) groups is 1. The molecule has 0 unspecified atom stereocenters. The number of pyridine rings is 1. The van der Waals surface area contributed by atoms with Crippen LogP contribution in [0.5, 0.6) is 0 Å². The van der Waals surface area contributed by atoms with Crippen molar-refractivity contribution in [2.24, 2.45) is 0 Å². The van der Waals surface area contributed by atoms with Gasteiger partial charge in [-0.1, -0.05) is 17.7 Å². The first-order valence-electron chi connectivity index (χ1n) is 7.31. The molecule has 7 heteroatoms. The molecule has 1 aromatic carbocycles. The highest BCUT2D eigenvalue weighted by Gasteiger charge is 2.15. The van der Waals surface area contributed by atoms with Gasteiger partial charge in [0, 0.05) is 30.2 Å². The molecule has 0 aliphatic carbocycles. The van der Waals surface area contributed by atoms with Crippen LogP contribution in [0.2, 0.25) is 5.02 Å². The minimum absolute atomic E-state index is 0.256. The zero-order valence-corrected chi connectivity index (χ0v) is 13.2. The maximum Gasteiger partial charge on any atom is 0.253 e. The van der Waals surface area contributed by atoms with Crippen molar-refractivity contribution in [3.8, 4) is 0 Å². The van der Waals surface area contributed by atoms with Crippen molar-refractivity contribution in [3.63, 3.8) is 0 Å². The molecular formula is C17H12ClN5O. The van der Waals surface area contributed by atoms with Gasteiger partial charge in [-0.2, -0.15) is 0 Å². The Morgan fingerprint density at radius 3 is 3.04 bits per heavy atom. The summed E-state index contributed by atoms with van der Waals surface area (Å²) in [4.78, 5) is 25.3. The topological polar surface area (TPSA) is 72.2 Å². The van der Waals surface area contributed by atoms with Crippen molar-refractivity contribution in [1.29, 1.82) is 0 Å². The van der Waals surface area contributed by atoms with E-state index >= 15 is 0 Å². The molecule has 118 valence electrons. The number of carbonyl (C=O) groups excluding carboxylic acids is 1. The van der Waals surface area contributed by atoms with E-state index < -0.39 is 0 Å². The van der Waals surface area contributed by atoms with E-state index in [1.165, 1.54) is 0 Å². The number of rotatable bonds is 3. The summed E-state index contributed by atoms with van der Waals surface area (Å²) in [5.74, 6) is -0.256. The van der Waals surface area contributed by atoms with Crippen LogP contribution in [0.25, 0.3) is 16.6 Å². The minimum Gasteiger partial charge on any atom is -0.346 e. The Hall–Kier alpha value is -2.99. The van der Waals surface area contributed by atoms with E-state index in [1.54, 1.807) is 43.0 Å². The molecular weight excluding hydrogens is 326 g/mol. The van der Waals surface area contributed by atoms with Crippen LogP contribution in [0.15, 0.2) is 55.2 Å². The number of nitrogens with one attached hydrogen (secondary N) is 1. The number of hydrogen-bond acceptors (Lipinski definition) is 4. The van der Waals surface area contributed by atoms with Gasteiger partial charge in [0.05, 0.1) is 34.5 Å². The van der Waals surface area contributed by atoms with Gasteiger partial charge in [0.15, 0.2) is 5.65 Å². The highest BCUT2D eigenvalue weighted by Crippen LogP contribution is 2.24. The Morgan fingerprint density at radius 2 is 2.17 bits per heavy atom. The second-order valence-corrected chi connectivity index (χ2v) is 5.66. The summed E-state index contributed by atoms with van der Waals surface area (Å²) in [5, 5.41) is 3.98. The minimum atomic E-state index is -0.256. The van der Waals surface area contributed by atoms with Gasteiger partial charge in [-0.15, -0.1) is 0 Å². The highest BCUT2D eigenvalue weighted by molar-refractivity contribution is 6.35. The van der Waals surface area contributed by atoms with E-state index in [-0.39, 0.29) is 5.91 Å². The molecule has 3 heterocycles. The molecule has 6 nitrogen and oxygen atoms in total. The number of nitrogens with zero attached hydrogens (tertiary/aromatic N) is 4. The van der Waals surface area contributed by atoms with E-state index in [0.717, 1.165) is 22.2 Å². The van der Waals surface area contributed by atoms with Gasteiger partial charge < -0.3 is 9.72 Å². The summed E-state index contributed by atoms with van der Waals surface area (Å²) in [6.07, 6.45) is 8.69. The molecule has 0 saturated carbocycles. The predicted molar refractivity (Wildman–Crippen MR) is 90.9 cm³/mol. The summed E-state index contributed by atoms with van der Waals surface area (Å²) in [5.41, 5.74) is 2.62. The van der Waals surface area contributed by atoms with Crippen LogP contribution in [-0.2, 0) is 6.54 Å². The molecule has 4 aromatic rings. The Balaban J connectivity index is 1.61. The van der Waals surface area contributed by atoms with Crippen molar-refractivity contribution in [1.82, 2.24) is 24.7 Å². The summed E-state index contributed by atoms with van der Waals surface area (Å²) in [6, 6.07) is 7.09. The second-order valence-electron chi connectivity index (χ2n) is 5.25. The molecule has 24 heavy (non-hydrogen) atoms. The molecule has 3 aromatic heterocycles. The normalized spacial score (nSPS) is 11.0. The number of halogens is 1. The number of amides is 1. The molecule has 0 bridgehead atoms. The quantitative estimate of drug-likeness (QED) is 0.624. The summed E-state index contributed by atoms with van der Waals surface area (Å²) in [6.45, 7) is 0.299. The van der Waals surface area contributed by atoms with E-state index in [4.69, 9.17) is 11.6 Å². The molecule has 0 aliphatic rings. The highest BCUT2D eigenvalue weighted by atomic mass is 35.5. The molecule has 1 amide bonds. The number of hydrogen-bond donors (Lipinski definition) is 1. The largest absolute Gasteiger partial charge is 0.346 e. The Labute approximate surface area is 142 Å². The third-order valence-corrected chi connectivity index (χ3v) is 4.02. The average Bonchev–Trinajstić information content (AvgIpc) is 3.02. The number of benzene rings is 1. The van der Waals surface area contributed by atoms with Gasteiger partial charge in [-0.3, -0.25) is 14.8 Å². The Kier molecular flexibility index (Phi) is 3.59. The monoisotopic (exact) mass is 337 g/mol. The van der Waals surface area contributed by atoms with Gasteiger partial charge in [-0.25, -0.2) is 4.98 Å². The number of aromatic nitrogens is 4. The lowest BCUT2D eigenvalue weighted by molar-refractivity contribution is 0.0952. The summed E-state index contributed by atoms with van der Waals surface area (Å²) < 4.78 is 1.85. The van der Waals surface area contributed by atoms with Crippen molar-refractivity contribution in [2.75, 3.05) is 0 Å². The van der Waals surface area contributed by atoms with Crippen LogP contribution in [0.1, 0.15) is 16.1 Å². The van der Waals surface area contributed by atoms with Crippen molar-refractivity contribution in [3.05, 3.63) is 71.5 Å². The SMILES string of the molecule is O=C(NCc1cn2ccncc2n1)c1c(Cl)ccc2ncccc12. The molecule has 0 atom stereocenters. The van der Waals surface area contributed by atoms with Crippen LogP contribution < -0.4 is 5.32 Å². The van der Waals surface area contributed by atoms with Crippen LogP contribution in [-0.4, -0.2) is 25.3 Å². The average molecular weight is 338 g/mol.